The summed E-state index contributed by atoms with van der Waals surface area (Å²) in [5.41, 5.74) is 0.678. The van der Waals surface area contributed by atoms with Crippen LogP contribution < -0.4 is 0 Å². The third-order valence-corrected chi connectivity index (χ3v) is 3.87. The molecule has 1 saturated heterocycles. The van der Waals surface area contributed by atoms with E-state index in [4.69, 9.17) is 10.00 Å². The molecule has 0 aromatic heterocycles. The van der Waals surface area contributed by atoms with E-state index in [2.05, 4.69) is 12.6 Å². The van der Waals surface area contributed by atoms with Gasteiger partial charge in [0.15, 0.2) is 0 Å². The van der Waals surface area contributed by atoms with Crippen molar-refractivity contribution in [1.29, 1.82) is 5.26 Å². The van der Waals surface area contributed by atoms with E-state index < -0.39 is 11.7 Å². The Morgan fingerprint density at radius 1 is 1.42 bits per heavy atom. The highest BCUT2D eigenvalue weighted by Gasteiger charge is 2.44. The number of hydrogen-bond donors (Lipinski definition) is 0. The zero-order chi connectivity index (χ0) is 17.9. The molecule has 126 valence electrons. The molecule has 0 N–H and O–H groups in total. The van der Waals surface area contributed by atoms with Crippen molar-refractivity contribution in [3.8, 4) is 6.07 Å². The Morgan fingerprint density at radius 3 is 2.54 bits per heavy atom. The molecule has 5 heteroatoms. The fraction of sp³-hybridized carbons (Fsp3) is 0.421. The minimum absolute atomic E-state index is 0.237. The van der Waals surface area contributed by atoms with Gasteiger partial charge in [0.25, 0.3) is 0 Å². The molecule has 1 aromatic rings. The Labute approximate surface area is 142 Å². The van der Waals surface area contributed by atoms with Crippen LogP contribution in [-0.2, 0) is 9.53 Å². The zero-order valence-electron chi connectivity index (χ0n) is 14.3. The summed E-state index contributed by atoms with van der Waals surface area (Å²) < 4.78 is 5.40. The molecule has 1 aliphatic rings. The minimum Gasteiger partial charge on any atom is -0.443 e. The van der Waals surface area contributed by atoms with Crippen molar-refractivity contribution < 1.29 is 14.3 Å². The molecule has 0 radical (unpaired) electrons. The Morgan fingerprint density at radius 2 is 2.04 bits per heavy atom. The first-order valence-corrected chi connectivity index (χ1v) is 7.94. The number of hydrogen-bond acceptors (Lipinski definition) is 4. The molecule has 2 rings (SSSR count). The summed E-state index contributed by atoms with van der Waals surface area (Å²) in [5.74, 6) is -0.519. The first-order valence-electron chi connectivity index (χ1n) is 7.94. The summed E-state index contributed by atoms with van der Waals surface area (Å²) in [6, 6.07) is 8.62. The average Bonchev–Trinajstić information content (AvgIpc) is 2.83. The molecule has 0 unspecified atom stereocenters. The molecule has 2 atom stereocenters. The lowest BCUT2D eigenvalue weighted by molar-refractivity contribution is -0.131. The number of imide groups is 1. The van der Waals surface area contributed by atoms with Crippen LogP contribution in [0.3, 0.4) is 0 Å². The summed E-state index contributed by atoms with van der Waals surface area (Å²) >= 11 is 0. The van der Waals surface area contributed by atoms with Crippen LogP contribution in [0.5, 0.6) is 0 Å². The van der Waals surface area contributed by atoms with Crippen LogP contribution in [0.15, 0.2) is 36.9 Å². The van der Waals surface area contributed by atoms with Crippen LogP contribution in [0.25, 0.3) is 0 Å². The largest absolute Gasteiger partial charge is 0.443 e. The van der Waals surface area contributed by atoms with Crippen molar-refractivity contribution >= 4 is 12.0 Å². The maximum absolute atomic E-state index is 12.7. The van der Waals surface area contributed by atoms with Gasteiger partial charge in [0.05, 0.1) is 17.7 Å². The van der Waals surface area contributed by atoms with Gasteiger partial charge in [0, 0.05) is 5.92 Å². The Kier molecular flexibility index (Phi) is 5.08. The molecule has 0 spiro atoms. The standard InChI is InChI=1S/C19H22N2O3/c1-5-6-15-11-16(14-9-7-13(12-20)8-10-14)21(17(15)22)18(23)24-19(2,3)4/h5,7-10,15-16H,1,6,11H2,2-4H3/t15-,16-/m1/s1. The molecule has 24 heavy (non-hydrogen) atoms. The summed E-state index contributed by atoms with van der Waals surface area (Å²) in [6.07, 6.45) is 2.10. The van der Waals surface area contributed by atoms with Crippen molar-refractivity contribution in [2.75, 3.05) is 0 Å². The third kappa shape index (κ3) is 3.83. The maximum atomic E-state index is 12.7. The SMILES string of the molecule is C=CC[C@@H]1C[C@H](c2ccc(C#N)cc2)N(C(=O)OC(C)(C)C)C1=O. The summed E-state index contributed by atoms with van der Waals surface area (Å²) in [4.78, 5) is 26.4. The number of nitrogens with zero attached hydrogens (tertiary/aromatic N) is 2. The molecule has 2 amide bonds. The van der Waals surface area contributed by atoms with Gasteiger partial charge in [0.1, 0.15) is 5.60 Å². The maximum Gasteiger partial charge on any atom is 0.417 e. The Balaban J connectivity index is 2.34. The molecule has 5 nitrogen and oxygen atoms in total. The van der Waals surface area contributed by atoms with Crippen molar-refractivity contribution in [2.45, 2.75) is 45.3 Å². The summed E-state index contributed by atoms with van der Waals surface area (Å²) in [7, 11) is 0. The summed E-state index contributed by atoms with van der Waals surface area (Å²) in [5, 5.41) is 8.92. The van der Waals surface area contributed by atoms with Crippen molar-refractivity contribution in [2.24, 2.45) is 5.92 Å². The monoisotopic (exact) mass is 326 g/mol. The van der Waals surface area contributed by atoms with Crippen LogP contribution in [0.4, 0.5) is 4.79 Å². The molecule has 1 aliphatic heterocycles. The highest BCUT2D eigenvalue weighted by molar-refractivity contribution is 5.96. The number of benzene rings is 1. The molecule has 1 aromatic carbocycles. The van der Waals surface area contributed by atoms with E-state index in [0.29, 0.717) is 18.4 Å². The van der Waals surface area contributed by atoms with Gasteiger partial charge in [-0.25, -0.2) is 9.69 Å². The second-order valence-electron chi connectivity index (χ2n) is 6.90. The van der Waals surface area contributed by atoms with Gasteiger partial charge in [-0.1, -0.05) is 18.2 Å². The van der Waals surface area contributed by atoms with E-state index in [9.17, 15) is 9.59 Å². The number of rotatable bonds is 3. The fourth-order valence-corrected chi connectivity index (χ4v) is 2.82. The Hall–Kier alpha value is -2.61. The Bertz CT molecular complexity index is 680. The number of carbonyl (C=O) groups is 2. The average molecular weight is 326 g/mol. The molecule has 1 fully saturated rings. The van der Waals surface area contributed by atoms with Crippen molar-refractivity contribution in [3.05, 3.63) is 48.0 Å². The number of carbonyl (C=O) groups excluding carboxylic acids is 2. The number of allylic oxidation sites excluding steroid dienone is 1. The molecular weight excluding hydrogens is 304 g/mol. The van der Waals surface area contributed by atoms with Gasteiger partial charge in [-0.05, 0) is 51.3 Å². The normalized spacial score (nSPS) is 20.6. The second-order valence-corrected chi connectivity index (χ2v) is 6.90. The lowest BCUT2D eigenvalue weighted by atomic mass is 9.97. The van der Waals surface area contributed by atoms with Gasteiger partial charge in [-0.2, -0.15) is 5.26 Å². The van der Waals surface area contributed by atoms with Gasteiger partial charge < -0.3 is 4.74 Å². The molecule has 0 saturated carbocycles. The van der Waals surface area contributed by atoms with E-state index in [1.807, 2.05) is 0 Å². The number of likely N-dealkylation sites (tertiary alicyclic amines) is 1. The predicted octanol–water partition coefficient (Wildman–Crippen LogP) is 3.96. The molecule has 0 bridgehead atoms. The number of nitriles is 1. The predicted molar refractivity (Wildman–Crippen MR) is 89.9 cm³/mol. The zero-order valence-corrected chi connectivity index (χ0v) is 14.3. The van der Waals surface area contributed by atoms with E-state index in [0.717, 1.165) is 5.56 Å². The third-order valence-electron chi connectivity index (χ3n) is 3.87. The van der Waals surface area contributed by atoms with Crippen LogP contribution in [-0.4, -0.2) is 22.5 Å². The minimum atomic E-state index is -0.677. The van der Waals surface area contributed by atoms with Crippen LogP contribution in [0.1, 0.15) is 50.8 Å². The van der Waals surface area contributed by atoms with Gasteiger partial charge in [0.2, 0.25) is 5.91 Å². The quantitative estimate of drug-likeness (QED) is 0.788. The molecular formula is C19H22N2O3. The number of amides is 2. The van der Waals surface area contributed by atoms with E-state index in [1.165, 1.54) is 4.90 Å². The van der Waals surface area contributed by atoms with Crippen molar-refractivity contribution in [1.82, 2.24) is 4.90 Å². The van der Waals surface area contributed by atoms with Crippen LogP contribution in [0, 0.1) is 17.2 Å². The van der Waals surface area contributed by atoms with E-state index >= 15 is 0 Å². The highest BCUT2D eigenvalue weighted by Crippen LogP contribution is 2.39. The van der Waals surface area contributed by atoms with E-state index in [-0.39, 0.29) is 17.9 Å². The lowest BCUT2D eigenvalue weighted by Gasteiger charge is -2.27. The van der Waals surface area contributed by atoms with Gasteiger partial charge in [-0.15, -0.1) is 6.58 Å². The fourth-order valence-electron chi connectivity index (χ4n) is 2.82. The van der Waals surface area contributed by atoms with Gasteiger partial charge >= 0.3 is 6.09 Å². The second kappa shape index (κ2) is 6.88. The number of ether oxygens (including phenoxy) is 1. The molecule has 1 heterocycles. The van der Waals surface area contributed by atoms with Crippen molar-refractivity contribution in [3.63, 3.8) is 0 Å². The first kappa shape index (κ1) is 17.7. The molecule has 0 aliphatic carbocycles. The van der Waals surface area contributed by atoms with Crippen LogP contribution in [0.2, 0.25) is 0 Å². The smallest absolute Gasteiger partial charge is 0.417 e. The lowest BCUT2D eigenvalue weighted by Crippen LogP contribution is -2.39. The van der Waals surface area contributed by atoms with E-state index in [1.54, 1.807) is 51.1 Å². The highest BCUT2D eigenvalue weighted by atomic mass is 16.6. The van der Waals surface area contributed by atoms with Gasteiger partial charge in [-0.3, -0.25) is 4.79 Å². The van der Waals surface area contributed by atoms with Crippen LogP contribution >= 0.6 is 0 Å². The topological polar surface area (TPSA) is 70.4 Å². The first-order chi connectivity index (χ1) is 11.3. The summed E-state index contributed by atoms with van der Waals surface area (Å²) in [6.45, 7) is 8.99.